The molecule has 0 rings (SSSR count). The minimum atomic E-state index is -0.0242. The SMILES string of the molecule is CCCCCCCCCOC(=O)CCCCCCCN(CCCCCCCC(=O)OC(CCCCCCC)CCCCCCCC)CCCN=C(NOC)N(C)C. The topological polar surface area (TPSA) is 92.7 Å². The van der Waals surface area contributed by atoms with Crippen LogP contribution < -0.4 is 5.48 Å². The summed E-state index contributed by atoms with van der Waals surface area (Å²) in [5.74, 6) is 0.736. The summed E-state index contributed by atoms with van der Waals surface area (Å²) in [6, 6.07) is 0. The van der Waals surface area contributed by atoms with Gasteiger partial charge in [0.25, 0.3) is 0 Å². The summed E-state index contributed by atoms with van der Waals surface area (Å²) in [4.78, 5) is 39.3. The number of ether oxygens (including phenoxy) is 2. The molecule has 9 nitrogen and oxygen atoms in total. The van der Waals surface area contributed by atoms with Gasteiger partial charge in [0.2, 0.25) is 5.96 Å². The molecule has 0 aliphatic heterocycles. The van der Waals surface area contributed by atoms with E-state index in [-0.39, 0.29) is 18.0 Å². The predicted octanol–water partition coefficient (Wildman–Crippen LogP) is 12.7. The van der Waals surface area contributed by atoms with Crippen LogP contribution in [-0.4, -0.2) is 87.8 Å². The van der Waals surface area contributed by atoms with Crippen LogP contribution in [0, 0.1) is 0 Å². The van der Waals surface area contributed by atoms with Crippen LogP contribution >= 0.6 is 0 Å². The minimum absolute atomic E-state index is 0.0187. The summed E-state index contributed by atoms with van der Waals surface area (Å²) >= 11 is 0. The highest BCUT2D eigenvalue weighted by Gasteiger charge is 2.14. The van der Waals surface area contributed by atoms with Crippen LogP contribution in [0.1, 0.15) is 233 Å². The molecule has 0 saturated heterocycles. The van der Waals surface area contributed by atoms with Crippen LogP contribution in [0.15, 0.2) is 4.99 Å². The van der Waals surface area contributed by atoms with E-state index in [0.717, 1.165) is 83.5 Å². The van der Waals surface area contributed by atoms with E-state index in [4.69, 9.17) is 19.3 Å². The van der Waals surface area contributed by atoms with Gasteiger partial charge in [-0.25, -0.2) is 5.48 Å². The normalized spacial score (nSPS) is 12.3. The van der Waals surface area contributed by atoms with Crippen LogP contribution in [0.4, 0.5) is 0 Å². The first-order chi connectivity index (χ1) is 27.9. The van der Waals surface area contributed by atoms with Gasteiger partial charge in [0.15, 0.2) is 0 Å². The van der Waals surface area contributed by atoms with Crippen molar-refractivity contribution in [1.82, 2.24) is 15.3 Å². The van der Waals surface area contributed by atoms with Crippen LogP contribution in [0.5, 0.6) is 0 Å². The number of nitrogens with one attached hydrogen (secondary N) is 1. The van der Waals surface area contributed by atoms with Crippen molar-refractivity contribution in [1.29, 1.82) is 0 Å². The van der Waals surface area contributed by atoms with Crippen molar-refractivity contribution in [2.24, 2.45) is 4.99 Å². The maximum absolute atomic E-state index is 12.8. The number of nitrogens with zero attached hydrogens (tertiary/aromatic N) is 3. The van der Waals surface area contributed by atoms with E-state index in [2.05, 4.69) is 31.2 Å². The van der Waals surface area contributed by atoms with Crippen molar-refractivity contribution >= 4 is 17.9 Å². The highest BCUT2D eigenvalue weighted by atomic mass is 16.6. The number of esters is 2. The van der Waals surface area contributed by atoms with Crippen molar-refractivity contribution in [3.05, 3.63) is 0 Å². The first kappa shape index (κ1) is 55.1. The zero-order valence-corrected chi connectivity index (χ0v) is 38.8. The number of rotatable bonds is 43. The lowest BCUT2D eigenvalue weighted by Crippen LogP contribution is -2.36. The lowest BCUT2D eigenvalue weighted by Gasteiger charge is -2.22. The van der Waals surface area contributed by atoms with E-state index in [1.165, 1.54) is 148 Å². The molecule has 1 unspecified atom stereocenters. The second-order valence-corrected chi connectivity index (χ2v) is 16.8. The lowest BCUT2D eigenvalue weighted by molar-refractivity contribution is -0.150. The van der Waals surface area contributed by atoms with Crippen LogP contribution in [0.25, 0.3) is 0 Å². The maximum Gasteiger partial charge on any atom is 0.306 e. The van der Waals surface area contributed by atoms with Gasteiger partial charge < -0.3 is 19.3 Å². The second-order valence-electron chi connectivity index (χ2n) is 16.8. The average Bonchev–Trinajstić information content (AvgIpc) is 3.19. The van der Waals surface area contributed by atoms with Crippen molar-refractivity contribution in [3.8, 4) is 0 Å². The van der Waals surface area contributed by atoms with Crippen molar-refractivity contribution < 1.29 is 23.9 Å². The number of guanidine groups is 1. The van der Waals surface area contributed by atoms with Crippen LogP contribution in [0.2, 0.25) is 0 Å². The molecular weight excluding hydrogens is 713 g/mol. The number of aliphatic imine (C=N–C) groups is 1. The smallest absolute Gasteiger partial charge is 0.306 e. The van der Waals surface area contributed by atoms with Gasteiger partial charge >= 0.3 is 11.9 Å². The van der Waals surface area contributed by atoms with E-state index < -0.39 is 0 Å². The molecule has 0 amide bonds. The van der Waals surface area contributed by atoms with Crippen LogP contribution in [0.3, 0.4) is 0 Å². The van der Waals surface area contributed by atoms with Crippen molar-refractivity contribution in [2.45, 2.75) is 239 Å². The Morgan fingerprint density at radius 3 is 1.44 bits per heavy atom. The minimum Gasteiger partial charge on any atom is -0.466 e. The third-order valence-electron chi connectivity index (χ3n) is 11.0. The molecule has 0 aromatic heterocycles. The van der Waals surface area contributed by atoms with Crippen molar-refractivity contribution in [3.63, 3.8) is 0 Å². The number of hydrogen-bond donors (Lipinski definition) is 1. The van der Waals surface area contributed by atoms with E-state index in [9.17, 15) is 9.59 Å². The Bertz CT molecular complexity index is 902. The summed E-state index contributed by atoms with van der Waals surface area (Å²) in [7, 11) is 5.54. The molecule has 0 fully saturated rings. The molecule has 9 heteroatoms. The second kappa shape index (κ2) is 43.7. The molecule has 0 aliphatic rings. The zero-order valence-electron chi connectivity index (χ0n) is 38.8. The molecular formula is C48H96N4O5. The predicted molar refractivity (Wildman–Crippen MR) is 243 cm³/mol. The molecule has 1 atom stereocenters. The fourth-order valence-electron chi connectivity index (χ4n) is 7.39. The Balaban J connectivity index is 4.48. The van der Waals surface area contributed by atoms with Gasteiger partial charge in [0, 0.05) is 33.5 Å². The van der Waals surface area contributed by atoms with Gasteiger partial charge in [-0.05, 0) is 83.8 Å². The van der Waals surface area contributed by atoms with Gasteiger partial charge in [-0.1, -0.05) is 156 Å². The number of carbonyl (C=O) groups excluding carboxylic acids is 2. The molecule has 0 bridgehead atoms. The Labute approximate surface area is 353 Å². The fourth-order valence-corrected chi connectivity index (χ4v) is 7.39. The fraction of sp³-hybridized carbons (Fsp3) is 0.938. The van der Waals surface area contributed by atoms with Gasteiger partial charge in [0.05, 0.1) is 13.7 Å². The largest absolute Gasteiger partial charge is 0.466 e. The van der Waals surface area contributed by atoms with Gasteiger partial charge in [0.1, 0.15) is 6.10 Å². The highest BCUT2D eigenvalue weighted by molar-refractivity contribution is 5.78. The zero-order chi connectivity index (χ0) is 41.9. The van der Waals surface area contributed by atoms with E-state index in [1.54, 1.807) is 7.11 Å². The summed E-state index contributed by atoms with van der Waals surface area (Å²) in [5, 5.41) is 0. The monoisotopic (exact) mass is 809 g/mol. The molecule has 0 saturated carbocycles. The van der Waals surface area contributed by atoms with E-state index >= 15 is 0 Å². The summed E-state index contributed by atoms with van der Waals surface area (Å²) in [5.41, 5.74) is 2.87. The van der Waals surface area contributed by atoms with Crippen LogP contribution in [-0.2, 0) is 23.9 Å². The molecule has 338 valence electrons. The standard InChI is InChI=1S/C48H96N4O5/c1-7-10-13-16-18-27-34-44-56-46(53)38-30-23-19-25-32-41-52(43-35-40-49-48(50-55-6)51(4)5)42-33-26-20-24-31-39-47(54)57-45(36-28-21-15-12-9-3)37-29-22-17-14-11-8-2/h45H,7-44H2,1-6H3,(H,49,50). The quantitative estimate of drug-likeness (QED) is 0.0214. The molecule has 0 aromatic rings. The summed E-state index contributed by atoms with van der Waals surface area (Å²) < 4.78 is 11.5. The number of hydroxylamine groups is 1. The summed E-state index contributed by atoms with van der Waals surface area (Å²) in [6.07, 6.45) is 38.1. The molecule has 0 spiro atoms. The Kier molecular flexibility index (Phi) is 42.3. The molecule has 0 radical (unpaired) electrons. The molecule has 57 heavy (non-hydrogen) atoms. The lowest BCUT2D eigenvalue weighted by atomic mass is 10.0. The highest BCUT2D eigenvalue weighted by Crippen LogP contribution is 2.18. The van der Waals surface area contributed by atoms with Gasteiger partial charge in [-0.15, -0.1) is 0 Å². The third-order valence-corrected chi connectivity index (χ3v) is 11.0. The first-order valence-electron chi connectivity index (χ1n) is 24.5. The Hall–Kier alpha value is -1.87. The van der Waals surface area contributed by atoms with Gasteiger partial charge in [-0.3, -0.25) is 19.4 Å². The number of unbranched alkanes of at least 4 members (excludes halogenated alkanes) is 23. The maximum atomic E-state index is 12.8. The number of carbonyl (C=O) groups is 2. The average molecular weight is 809 g/mol. The Morgan fingerprint density at radius 1 is 0.526 bits per heavy atom. The van der Waals surface area contributed by atoms with Gasteiger partial charge in [-0.2, -0.15) is 0 Å². The molecule has 0 heterocycles. The Morgan fingerprint density at radius 2 is 0.947 bits per heavy atom. The molecule has 0 aromatic carbocycles. The van der Waals surface area contributed by atoms with E-state index in [1.807, 2.05) is 19.0 Å². The summed E-state index contributed by atoms with van der Waals surface area (Å²) in [6.45, 7) is 11.3. The number of hydrogen-bond acceptors (Lipinski definition) is 7. The molecule has 0 aliphatic carbocycles. The third kappa shape index (κ3) is 39.4. The van der Waals surface area contributed by atoms with Crippen molar-refractivity contribution in [2.75, 3.05) is 54.0 Å². The first-order valence-corrected chi connectivity index (χ1v) is 24.5. The van der Waals surface area contributed by atoms with E-state index in [0.29, 0.717) is 19.4 Å². The molecule has 1 N–H and O–H groups in total.